The minimum absolute atomic E-state index is 0. The summed E-state index contributed by atoms with van der Waals surface area (Å²) in [7, 11) is -3.82. The monoisotopic (exact) mass is 659 g/mol. The number of carbonyl (C=O) groups excluding carboxylic acids is 2. The number of hydrogen-bond acceptors (Lipinski definition) is 5. The summed E-state index contributed by atoms with van der Waals surface area (Å²) < 4.78 is 25.9. The molecule has 1 aromatic carbocycles. The van der Waals surface area contributed by atoms with Gasteiger partial charge >= 0.3 is 0 Å². The van der Waals surface area contributed by atoms with Crippen LogP contribution >= 0.6 is 35.3 Å². The van der Waals surface area contributed by atoms with Gasteiger partial charge in [0, 0.05) is 31.5 Å². The molecule has 0 bridgehead atoms. The predicted octanol–water partition coefficient (Wildman–Crippen LogP) is 4.38. The summed E-state index contributed by atoms with van der Waals surface area (Å²) in [6, 6.07) is 6.83. The van der Waals surface area contributed by atoms with Crippen molar-refractivity contribution in [2.75, 3.05) is 25.9 Å². The van der Waals surface area contributed by atoms with Gasteiger partial charge in [0.25, 0.3) is 11.8 Å². The van der Waals surface area contributed by atoms with Crippen LogP contribution < -0.4 is 0 Å². The fourth-order valence-corrected chi connectivity index (χ4v) is 9.60. The van der Waals surface area contributed by atoms with E-state index in [-0.39, 0.29) is 24.9 Å². The SMILES string of the molecule is CC(C)[C@]1(S(C)(=O)=O)C(=O)N(I)C2=CCN(C(=O)c3ccc(CN4CCC5CCCC=C5C4)cc3)[C@H]21.Cl. The average molecular weight is 660 g/mol. The van der Waals surface area contributed by atoms with E-state index in [1.807, 2.05) is 47.1 Å². The van der Waals surface area contributed by atoms with E-state index in [4.69, 9.17) is 0 Å². The first-order valence-electron chi connectivity index (χ1n) is 12.8. The molecule has 2 fully saturated rings. The van der Waals surface area contributed by atoms with E-state index in [1.54, 1.807) is 30.4 Å². The molecule has 3 aliphatic heterocycles. The zero-order chi connectivity index (χ0) is 25.8. The molecule has 0 N–H and O–H groups in total. The third kappa shape index (κ3) is 4.67. The van der Waals surface area contributed by atoms with Crippen LogP contribution in [0.5, 0.6) is 0 Å². The van der Waals surface area contributed by atoms with Crippen molar-refractivity contribution < 1.29 is 18.0 Å². The first kappa shape index (κ1) is 28.6. The lowest BCUT2D eigenvalue weighted by atomic mass is 9.82. The van der Waals surface area contributed by atoms with Crippen LogP contribution in [0.1, 0.15) is 55.5 Å². The van der Waals surface area contributed by atoms with Crippen molar-refractivity contribution in [1.29, 1.82) is 0 Å². The van der Waals surface area contributed by atoms with E-state index < -0.39 is 32.5 Å². The average Bonchev–Trinajstić information content (AvgIpc) is 3.36. The lowest BCUT2D eigenvalue weighted by molar-refractivity contribution is -0.125. The molecular weight excluding hydrogens is 625 g/mol. The van der Waals surface area contributed by atoms with Gasteiger partial charge in [0.1, 0.15) is 6.04 Å². The molecule has 37 heavy (non-hydrogen) atoms. The van der Waals surface area contributed by atoms with Crippen LogP contribution in [0.15, 0.2) is 47.7 Å². The molecule has 4 aliphatic rings. The van der Waals surface area contributed by atoms with Crippen LogP contribution in [0.2, 0.25) is 0 Å². The molecule has 202 valence electrons. The number of piperidine rings is 1. The molecule has 1 unspecified atom stereocenters. The number of fused-ring (bicyclic) bond motifs is 2. The fraction of sp³-hybridized carbons (Fsp3) is 0.556. The zero-order valence-electron chi connectivity index (χ0n) is 21.5. The highest BCUT2D eigenvalue weighted by molar-refractivity contribution is 14.1. The van der Waals surface area contributed by atoms with Gasteiger partial charge in [-0.25, -0.2) is 8.42 Å². The number of nitrogens with zero attached hydrogens (tertiary/aromatic N) is 3. The van der Waals surface area contributed by atoms with E-state index in [0.717, 1.165) is 37.4 Å². The van der Waals surface area contributed by atoms with Gasteiger partial charge < -0.3 is 4.90 Å². The second-order valence-electron chi connectivity index (χ2n) is 10.9. The number of amides is 2. The molecular formula is C27H35ClIN3O4S. The topological polar surface area (TPSA) is 78.0 Å². The van der Waals surface area contributed by atoms with Gasteiger partial charge in [-0.2, -0.15) is 0 Å². The quantitative estimate of drug-likeness (QED) is 0.267. The molecule has 2 amide bonds. The number of sulfone groups is 1. The Hall–Kier alpha value is -1.43. The van der Waals surface area contributed by atoms with Crippen molar-refractivity contribution >= 4 is 56.9 Å². The third-order valence-electron chi connectivity index (χ3n) is 8.46. The Morgan fingerprint density at radius 1 is 1.16 bits per heavy atom. The lowest BCUT2D eigenvalue weighted by Gasteiger charge is -2.38. The molecule has 1 aromatic rings. The number of likely N-dealkylation sites (tertiary alicyclic amines) is 1. The fourth-order valence-electron chi connectivity index (χ4n) is 6.66. The molecule has 5 rings (SSSR count). The Morgan fingerprint density at radius 2 is 1.86 bits per heavy atom. The summed E-state index contributed by atoms with van der Waals surface area (Å²) in [6.45, 7) is 6.73. The summed E-state index contributed by atoms with van der Waals surface area (Å²) >= 11 is 1.87. The lowest BCUT2D eigenvalue weighted by Crippen LogP contribution is -2.61. The minimum atomic E-state index is -3.82. The van der Waals surface area contributed by atoms with E-state index >= 15 is 0 Å². The minimum Gasteiger partial charge on any atom is -0.324 e. The van der Waals surface area contributed by atoms with Crippen molar-refractivity contribution in [3.8, 4) is 0 Å². The third-order valence-corrected chi connectivity index (χ3v) is 11.6. The first-order valence-corrected chi connectivity index (χ1v) is 15.6. The Labute approximate surface area is 240 Å². The molecule has 10 heteroatoms. The van der Waals surface area contributed by atoms with Crippen LogP contribution in [0.25, 0.3) is 0 Å². The highest BCUT2D eigenvalue weighted by atomic mass is 127. The number of allylic oxidation sites excluding steroid dienone is 1. The van der Waals surface area contributed by atoms with Gasteiger partial charge in [-0.3, -0.25) is 17.6 Å². The molecule has 0 aromatic heterocycles. The molecule has 7 nitrogen and oxygen atoms in total. The molecule has 0 saturated carbocycles. The smallest absolute Gasteiger partial charge is 0.259 e. The van der Waals surface area contributed by atoms with Gasteiger partial charge in [-0.15, -0.1) is 12.4 Å². The van der Waals surface area contributed by atoms with Gasteiger partial charge in [0.2, 0.25) is 0 Å². The standard InChI is InChI=1S/C27H34IN3O4S.ClH/c1-18(2)27(36(3,34)35)24-23(31(28)26(27)33)13-15-30(24)25(32)21-10-8-19(9-11-21)16-29-14-12-20-6-4-5-7-22(20)17-29;/h7-11,13,18,20,24H,4-6,12,14-17H2,1-3H3;1H/t20?,24-,27-;/m1./s1. The number of carbonyl (C=O) groups is 2. The summed E-state index contributed by atoms with van der Waals surface area (Å²) in [5.74, 6) is -0.451. The Morgan fingerprint density at radius 3 is 2.51 bits per heavy atom. The summed E-state index contributed by atoms with van der Waals surface area (Å²) in [4.78, 5) is 31.0. The van der Waals surface area contributed by atoms with Crippen molar-refractivity contribution in [2.24, 2.45) is 11.8 Å². The number of hydrogen-bond donors (Lipinski definition) is 0. The Bertz CT molecular complexity index is 1250. The van der Waals surface area contributed by atoms with Gasteiger partial charge in [0.05, 0.1) is 28.6 Å². The normalized spacial score (nSPS) is 28.0. The van der Waals surface area contributed by atoms with Crippen LogP contribution in [0.4, 0.5) is 0 Å². The first-order chi connectivity index (χ1) is 17.1. The van der Waals surface area contributed by atoms with Crippen LogP contribution in [0, 0.1) is 11.8 Å². The Kier molecular flexibility index (Phi) is 8.20. The van der Waals surface area contributed by atoms with Crippen molar-refractivity contribution in [1.82, 2.24) is 12.9 Å². The molecule has 1 aliphatic carbocycles. The molecule has 2 saturated heterocycles. The van der Waals surface area contributed by atoms with E-state index in [9.17, 15) is 18.0 Å². The molecule has 3 heterocycles. The maximum absolute atomic E-state index is 13.6. The van der Waals surface area contributed by atoms with Gasteiger partial charge in [0.15, 0.2) is 14.6 Å². The number of halogens is 2. The maximum atomic E-state index is 13.6. The molecule has 0 radical (unpaired) electrons. The second kappa shape index (κ2) is 10.6. The summed E-state index contributed by atoms with van der Waals surface area (Å²) in [5.41, 5.74) is 3.84. The van der Waals surface area contributed by atoms with Gasteiger partial charge in [-0.05, 0) is 67.8 Å². The largest absolute Gasteiger partial charge is 0.324 e. The predicted molar refractivity (Wildman–Crippen MR) is 155 cm³/mol. The Balaban J connectivity index is 0.00000320. The second-order valence-corrected chi connectivity index (χ2v) is 14.1. The number of rotatable bonds is 5. The van der Waals surface area contributed by atoms with Crippen LogP contribution in [0.3, 0.4) is 0 Å². The highest BCUT2D eigenvalue weighted by Crippen LogP contribution is 2.49. The summed E-state index contributed by atoms with van der Waals surface area (Å²) in [5, 5.41) is 0. The zero-order valence-corrected chi connectivity index (χ0v) is 25.3. The summed E-state index contributed by atoms with van der Waals surface area (Å²) in [6.07, 6.45) is 10.4. The van der Waals surface area contributed by atoms with Crippen molar-refractivity contribution in [3.63, 3.8) is 0 Å². The maximum Gasteiger partial charge on any atom is 0.259 e. The van der Waals surface area contributed by atoms with Gasteiger partial charge in [-0.1, -0.05) is 37.6 Å². The van der Waals surface area contributed by atoms with E-state index in [1.165, 1.54) is 28.8 Å². The van der Waals surface area contributed by atoms with Crippen molar-refractivity contribution in [2.45, 2.75) is 56.9 Å². The van der Waals surface area contributed by atoms with E-state index in [0.29, 0.717) is 11.3 Å². The molecule has 3 atom stereocenters. The van der Waals surface area contributed by atoms with Crippen molar-refractivity contribution in [3.05, 3.63) is 58.8 Å². The highest BCUT2D eigenvalue weighted by Gasteiger charge is 2.68. The molecule has 0 spiro atoms. The van der Waals surface area contributed by atoms with Crippen LogP contribution in [-0.2, 0) is 21.2 Å². The number of benzene rings is 1. The van der Waals surface area contributed by atoms with E-state index in [2.05, 4.69) is 11.0 Å². The van der Waals surface area contributed by atoms with Crippen LogP contribution in [-0.4, -0.2) is 69.8 Å².